The Balaban J connectivity index is 1.68. The lowest BCUT2D eigenvalue weighted by Crippen LogP contribution is -2.40. The summed E-state index contributed by atoms with van der Waals surface area (Å²) >= 11 is 12.9. The maximum atomic E-state index is 13.1. The van der Waals surface area contributed by atoms with Gasteiger partial charge in [0.05, 0.1) is 29.4 Å². The van der Waals surface area contributed by atoms with Crippen molar-refractivity contribution in [3.8, 4) is 0 Å². The fourth-order valence-corrected chi connectivity index (χ4v) is 4.37. The average Bonchev–Trinajstić information content (AvgIpc) is 3.14. The lowest BCUT2D eigenvalue weighted by molar-refractivity contribution is -0.137. The van der Waals surface area contributed by atoms with Gasteiger partial charge < -0.3 is 14.6 Å². The van der Waals surface area contributed by atoms with E-state index in [1.165, 1.54) is 0 Å². The highest BCUT2D eigenvalue weighted by Gasteiger charge is 2.31. The summed E-state index contributed by atoms with van der Waals surface area (Å²) < 4.78 is 44.7. The Kier molecular flexibility index (Phi) is 5.94. The van der Waals surface area contributed by atoms with Gasteiger partial charge in [-0.05, 0) is 48.4 Å². The van der Waals surface area contributed by atoms with E-state index in [1.807, 2.05) is 0 Å². The van der Waals surface area contributed by atoms with Crippen molar-refractivity contribution in [3.63, 3.8) is 0 Å². The predicted molar refractivity (Wildman–Crippen MR) is 114 cm³/mol. The number of aryl methyl sites for hydroxylation is 1. The fraction of sp³-hybridized carbons (Fsp3) is 0.318. The van der Waals surface area contributed by atoms with Crippen LogP contribution in [0.5, 0.6) is 0 Å². The predicted octanol–water partition coefficient (Wildman–Crippen LogP) is 5.87. The molecule has 1 saturated heterocycles. The van der Waals surface area contributed by atoms with Crippen LogP contribution in [0.25, 0.3) is 10.9 Å². The minimum atomic E-state index is -4.43. The Morgan fingerprint density at radius 1 is 1.16 bits per heavy atom. The molecule has 164 valence electrons. The van der Waals surface area contributed by atoms with Gasteiger partial charge in [-0.3, -0.25) is 4.79 Å². The third-order valence-electron chi connectivity index (χ3n) is 5.41. The molecular formula is C22H19Cl2F3N2O2. The number of hydrogen-bond acceptors (Lipinski definition) is 2. The molecule has 0 atom stereocenters. The van der Waals surface area contributed by atoms with E-state index in [0.717, 1.165) is 12.1 Å². The summed E-state index contributed by atoms with van der Waals surface area (Å²) in [6.45, 7) is 3.54. The first kappa shape index (κ1) is 22.0. The highest BCUT2D eigenvalue weighted by molar-refractivity contribution is 6.38. The number of alkyl halides is 3. The van der Waals surface area contributed by atoms with Gasteiger partial charge in [0.1, 0.15) is 0 Å². The van der Waals surface area contributed by atoms with Crippen LogP contribution in [0.2, 0.25) is 10.0 Å². The van der Waals surface area contributed by atoms with E-state index in [-0.39, 0.29) is 17.4 Å². The zero-order valence-corrected chi connectivity index (χ0v) is 18.1. The zero-order valence-electron chi connectivity index (χ0n) is 16.6. The zero-order chi connectivity index (χ0) is 22.3. The van der Waals surface area contributed by atoms with Crippen LogP contribution in [0.3, 0.4) is 0 Å². The van der Waals surface area contributed by atoms with Crippen molar-refractivity contribution >= 4 is 40.0 Å². The molecule has 2 heterocycles. The number of amides is 1. The fourth-order valence-electron chi connectivity index (χ4n) is 3.79. The van der Waals surface area contributed by atoms with Crippen LogP contribution in [0.1, 0.15) is 32.7 Å². The molecule has 4 nitrogen and oxygen atoms in total. The number of ether oxygens (including phenoxy) is 1. The van der Waals surface area contributed by atoms with Crippen LogP contribution >= 0.6 is 23.2 Å². The summed E-state index contributed by atoms with van der Waals surface area (Å²) in [6.07, 6.45) is -4.18. The monoisotopic (exact) mass is 470 g/mol. The lowest BCUT2D eigenvalue weighted by Gasteiger charge is -2.27. The number of aromatic amines is 1. The molecule has 0 bridgehead atoms. The van der Waals surface area contributed by atoms with Crippen LogP contribution in [-0.4, -0.2) is 42.1 Å². The minimum Gasteiger partial charge on any atom is -0.378 e. The summed E-state index contributed by atoms with van der Waals surface area (Å²) in [5, 5.41) is 1.32. The average molecular weight is 471 g/mol. The summed E-state index contributed by atoms with van der Waals surface area (Å²) in [4.78, 5) is 17.6. The molecule has 0 spiro atoms. The second kappa shape index (κ2) is 8.37. The highest BCUT2D eigenvalue weighted by Crippen LogP contribution is 2.35. The quantitative estimate of drug-likeness (QED) is 0.520. The van der Waals surface area contributed by atoms with Crippen LogP contribution < -0.4 is 0 Å². The molecule has 0 radical (unpaired) electrons. The topological polar surface area (TPSA) is 45.3 Å². The number of H-pyrrole nitrogens is 1. The van der Waals surface area contributed by atoms with Crippen molar-refractivity contribution in [1.82, 2.24) is 9.88 Å². The highest BCUT2D eigenvalue weighted by atomic mass is 35.5. The number of morpholine rings is 1. The number of rotatable bonds is 3. The number of halogens is 5. The van der Waals surface area contributed by atoms with Gasteiger partial charge in [-0.25, -0.2) is 0 Å². The van der Waals surface area contributed by atoms with Crippen molar-refractivity contribution in [1.29, 1.82) is 0 Å². The van der Waals surface area contributed by atoms with E-state index >= 15 is 0 Å². The van der Waals surface area contributed by atoms with Crippen molar-refractivity contribution in [2.24, 2.45) is 0 Å². The van der Waals surface area contributed by atoms with Gasteiger partial charge in [-0.2, -0.15) is 13.2 Å². The van der Waals surface area contributed by atoms with Gasteiger partial charge in [0, 0.05) is 41.1 Å². The van der Waals surface area contributed by atoms with E-state index < -0.39 is 11.7 Å². The summed E-state index contributed by atoms with van der Waals surface area (Å²) in [6, 6.07) is 7.21. The number of nitrogens with zero attached hydrogens (tertiary/aromatic N) is 1. The van der Waals surface area contributed by atoms with Crippen molar-refractivity contribution < 1.29 is 22.7 Å². The van der Waals surface area contributed by atoms with Crippen LogP contribution in [-0.2, 0) is 17.3 Å². The Morgan fingerprint density at radius 3 is 2.55 bits per heavy atom. The Hall–Kier alpha value is -2.22. The third-order valence-corrected chi connectivity index (χ3v) is 6.20. The maximum Gasteiger partial charge on any atom is 0.416 e. The molecule has 1 aliphatic heterocycles. The van der Waals surface area contributed by atoms with Crippen molar-refractivity contribution in [3.05, 3.63) is 68.3 Å². The van der Waals surface area contributed by atoms with Crippen molar-refractivity contribution in [2.45, 2.75) is 19.5 Å². The van der Waals surface area contributed by atoms with E-state index in [0.29, 0.717) is 64.6 Å². The Morgan fingerprint density at radius 2 is 1.87 bits per heavy atom. The molecule has 1 amide bonds. The number of hydrogen-bond donors (Lipinski definition) is 1. The van der Waals surface area contributed by atoms with Crippen LogP contribution in [0, 0.1) is 6.92 Å². The normalized spacial score (nSPS) is 15.0. The second-order valence-electron chi connectivity index (χ2n) is 7.52. The van der Waals surface area contributed by atoms with E-state index in [1.54, 1.807) is 30.0 Å². The minimum absolute atomic E-state index is 0.200. The van der Waals surface area contributed by atoms with Gasteiger partial charge in [0.25, 0.3) is 5.91 Å². The standard InChI is InChI=1S/C22H19Cl2F3N2O2/c1-12-8-13(22(25,26)27)9-19-16(12)10-14(28-19)11-17-18(23)3-2-15(20(17)24)21(30)29-4-6-31-7-5-29/h2-3,8-10,28H,4-7,11H2,1H3. The lowest BCUT2D eigenvalue weighted by atomic mass is 10.0. The van der Waals surface area contributed by atoms with Crippen LogP contribution in [0.4, 0.5) is 13.2 Å². The first-order valence-electron chi connectivity index (χ1n) is 9.68. The molecule has 1 N–H and O–H groups in total. The molecule has 3 aromatic rings. The summed E-state index contributed by atoms with van der Waals surface area (Å²) in [5.74, 6) is -0.200. The number of fused-ring (bicyclic) bond motifs is 1. The summed E-state index contributed by atoms with van der Waals surface area (Å²) in [7, 11) is 0. The SMILES string of the molecule is Cc1cc(C(F)(F)F)cc2[nH]c(Cc3c(Cl)ccc(C(=O)N4CCOCC4)c3Cl)cc12. The van der Waals surface area contributed by atoms with Gasteiger partial charge in [0.2, 0.25) is 0 Å². The Labute approximate surface area is 186 Å². The first-order chi connectivity index (χ1) is 14.6. The smallest absolute Gasteiger partial charge is 0.378 e. The summed E-state index contributed by atoms with van der Waals surface area (Å²) in [5.41, 5.74) is 1.73. The van der Waals surface area contributed by atoms with E-state index in [9.17, 15) is 18.0 Å². The van der Waals surface area contributed by atoms with Gasteiger partial charge in [-0.15, -0.1) is 0 Å². The van der Waals surface area contributed by atoms with E-state index in [2.05, 4.69) is 4.98 Å². The molecule has 1 fully saturated rings. The van der Waals surface area contributed by atoms with Gasteiger partial charge >= 0.3 is 6.18 Å². The molecule has 4 rings (SSSR count). The maximum absolute atomic E-state index is 13.1. The Bertz CT molecular complexity index is 1150. The van der Waals surface area contributed by atoms with Crippen molar-refractivity contribution in [2.75, 3.05) is 26.3 Å². The molecule has 0 saturated carbocycles. The molecule has 1 aromatic heterocycles. The molecular weight excluding hydrogens is 452 g/mol. The molecule has 2 aromatic carbocycles. The number of aromatic nitrogens is 1. The largest absolute Gasteiger partial charge is 0.416 e. The molecule has 31 heavy (non-hydrogen) atoms. The molecule has 0 unspecified atom stereocenters. The number of nitrogens with one attached hydrogen (secondary N) is 1. The van der Waals surface area contributed by atoms with Gasteiger partial charge in [-0.1, -0.05) is 23.2 Å². The molecule has 9 heteroatoms. The van der Waals surface area contributed by atoms with Crippen LogP contribution in [0.15, 0.2) is 30.3 Å². The first-order valence-corrected chi connectivity index (χ1v) is 10.4. The van der Waals surface area contributed by atoms with Gasteiger partial charge in [0.15, 0.2) is 0 Å². The number of benzene rings is 2. The molecule has 1 aliphatic rings. The molecule has 0 aliphatic carbocycles. The third kappa shape index (κ3) is 4.40. The number of carbonyl (C=O) groups is 1. The number of carbonyl (C=O) groups excluding carboxylic acids is 1. The second-order valence-corrected chi connectivity index (χ2v) is 8.30. The van der Waals surface area contributed by atoms with E-state index in [4.69, 9.17) is 27.9 Å².